The van der Waals surface area contributed by atoms with E-state index in [0.717, 1.165) is 33.2 Å². The van der Waals surface area contributed by atoms with Gasteiger partial charge in [-0.1, -0.05) is 30.3 Å². The van der Waals surface area contributed by atoms with Gasteiger partial charge < -0.3 is 15.8 Å². The summed E-state index contributed by atoms with van der Waals surface area (Å²) in [5.41, 5.74) is 8.55. The maximum atomic E-state index is 12.8. The number of hydrogen-bond acceptors (Lipinski definition) is 7. The van der Waals surface area contributed by atoms with E-state index in [9.17, 15) is 14.4 Å². The molecule has 164 valence electrons. The standard InChI is InChI=1S/C22H20N4O4S2/c1-3-30-21(29)17-12(2)18(19(23)28)32-20(17)25-16(27)9-14-11-31-22-24-15(10-26(14)22)13-7-5-4-6-8-13/h4-8,10-11H,3,9H2,1-2H3,(H2,23,28)(H,25,27). The van der Waals surface area contributed by atoms with Crippen LogP contribution in [0.4, 0.5) is 5.00 Å². The molecule has 0 aliphatic carbocycles. The maximum absolute atomic E-state index is 12.8. The lowest BCUT2D eigenvalue weighted by Crippen LogP contribution is -2.17. The summed E-state index contributed by atoms with van der Waals surface area (Å²) in [5, 5.41) is 4.87. The molecule has 0 fully saturated rings. The van der Waals surface area contributed by atoms with Crippen LogP contribution in [0.2, 0.25) is 0 Å². The highest BCUT2D eigenvalue weighted by Gasteiger charge is 2.26. The van der Waals surface area contributed by atoms with Crippen LogP contribution in [0.5, 0.6) is 0 Å². The van der Waals surface area contributed by atoms with Crippen molar-refractivity contribution in [2.24, 2.45) is 5.73 Å². The van der Waals surface area contributed by atoms with Crippen molar-refractivity contribution >= 4 is 50.4 Å². The van der Waals surface area contributed by atoms with Crippen molar-refractivity contribution in [2.45, 2.75) is 20.3 Å². The Morgan fingerprint density at radius 2 is 1.97 bits per heavy atom. The molecule has 0 bridgehead atoms. The van der Waals surface area contributed by atoms with Gasteiger partial charge in [-0.05, 0) is 19.4 Å². The molecule has 3 N–H and O–H groups in total. The summed E-state index contributed by atoms with van der Waals surface area (Å²) in [5.74, 6) is -1.60. The Morgan fingerprint density at radius 3 is 2.66 bits per heavy atom. The van der Waals surface area contributed by atoms with Gasteiger partial charge in [-0.3, -0.25) is 14.0 Å². The number of aromatic nitrogens is 2. The number of carbonyl (C=O) groups is 3. The van der Waals surface area contributed by atoms with Gasteiger partial charge in [0.1, 0.15) is 5.00 Å². The number of ether oxygens (including phenoxy) is 1. The van der Waals surface area contributed by atoms with Crippen LogP contribution < -0.4 is 11.1 Å². The Balaban J connectivity index is 1.58. The molecule has 0 aliphatic heterocycles. The van der Waals surface area contributed by atoms with Crippen LogP contribution in [-0.4, -0.2) is 33.8 Å². The van der Waals surface area contributed by atoms with Crippen molar-refractivity contribution < 1.29 is 19.1 Å². The summed E-state index contributed by atoms with van der Waals surface area (Å²) in [6.07, 6.45) is 1.96. The smallest absolute Gasteiger partial charge is 0.341 e. The number of carbonyl (C=O) groups excluding carboxylic acids is 3. The molecule has 3 heterocycles. The van der Waals surface area contributed by atoms with Gasteiger partial charge in [0, 0.05) is 22.8 Å². The molecule has 10 heteroatoms. The van der Waals surface area contributed by atoms with Crippen LogP contribution >= 0.6 is 22.7 Å². The minimum atomic E-state index is -0.662. The van der Waals surface area contributed by atoms with E-state index in [1.165, 1.54) is 11.3 Å². The van der Waals surface area contributed by atoms with Crippen LogP contribution in [0, 0.1) is 6.92 Å². The van der Waals surface area contributed by atoms with Crippen LogP contribution in [0.3, 0.4) is 0 Å². The fourth-order valence-electron chi connectivity index (χ4n) is 3.33. The molecule has 32 heavy (non-hydrogen) atoms. The van der Waals surface area contributed by atoms with E-state index >= 15 is 0 Å². The number of thiazole rings is 1. The lowest BCUT2D eigenvalue weighted by Gasteiger charge is -2.07. The number of amides is 2. The third kappa shape index (κ3) is 4.14. The lowest BCUT2D eigenvalue weighted by atomic mass is 10.1. The molecule has 4 rings (SSSR count). The molecule has 1 aromatic carbocycles. The zero-order valence-corrected chi connectivity index (χ0v) is 19.0. The van der Waals surface area contributed by atoms with Gasteiger partial charge >= 0.3 is 5.97 Å². The van der Waals surface area contributed by atoms with E-state index in [0.29, 0.717) is 5.56 Å². The molecule has 0 spiro atoms. The van der Waals surface area contributed by atoms with E-state index in [1.807, 2.05) is 46.3 Å². The molecular formula is C22H20N4O4S2. The minimum Gasteiger partial charge on any atom is -0.462 e. The second-order valence-corrected chi connectivity index (χ2v) is 8.80. The Kier molecular flexibility index (Phi) is 6.06. The van der Waals surface area contributed by atoms with Crippen molar-refractivity contribution in [3.8, 4) is 11.3 Å². The predicted molar refractivity (Wildman–Crippen MR) is 124 cm³/mol. The second kappa shape index (κ2) is 8.93. The molecule has 2 amide bonds. The largest absolute Gasteiger partial charge is 0.462 e. The summed E-state index contributed by atoms with van der Waals surface area (Å²) in [6, 6.07) is 9.79. The summed E-state index contributed by atoms with van der Waals surface area (Å²) in [7, 11) is 0. The summed E-state index contributed by atoms with van der Waals surface area (Å²) >= 11 is 2.41. The van der Waals surface area contributed by atoms with Gasteiger partial charge in [-0.25, -0.2) is 9.78 Å². The Morgan fingerprint density at radius 1 is 1.22 bits per heavy atom. The lowest BCUT2D eigenvalue weighted by molar-refractivity contribution is -0.115. The fourth-order valence-corrected chi connectivity index (χ4v) is 5.26. The number of benzene rings is 1. The van der Waals surface area contributed by atoms with Crippen molar-refractivity contribution in [1.29, 1.82) is 0 Å². The highest BCUT2D eigenvalue weighted by molar-refractivity contribution is 7.18. The second-order valence-electron chi connectivity index (χ2n) is 6.94. The predicted octanol–water partition coefficient (Wildman–Crippen LogP) is 3.89. The van der Waals surface area contributed by atoms with Gasteiger partial charge in [0.15, 0.2) is 4.96 Å². The number of primary amides is 1. The average Bonchev–Trinajstić information content (AvgIpc) is 3.43. The topological polar surface area (TPSA) is 116 Å². The number of esters is 1. The first-order valence-corrected chi connectivity index (χ1v) is 11.5. The Bertz CT molecular complexity index is 1320. The van der Waals surface area contributed by atoms with Crippen molar-refractivity contribution in [3.05, 3.63) is 63.6 Å². The van der Waals surface area contributed by atoms with Crippen molar-refractivity contribution in [3.63, 3.8) is 0 Å². The molecule has 3 aromatic heterocycles. The first-order chi connectivity index (χ1) is 15.4. The summed E-state index contributed by atoms with van der Waals surface area (Å²) < 4.78 is 6.97. The van der Waals surface area contributed by atoms with Gasteiger partial charge in [0.25, 0.3) is 5.91 Å². The van der Waals surface area contributed by atoms with Crippen LogP contribution in [0.25, 0.3) is 16.2 Å². The van der Waals surface area contributed by atoms with E-state index in [4.69, 9.17) is 10.5 Å². The first-order valence-electron chi connectivity index (χ1n) is 9.80. The Labute approximate surface area is 191 Å². The number of rotatable bonds is 7. The van der Waals surface area contributed by atoms with Crippen molar-refractivity contribution in [1.82, 2.24) is 9.38 Å². The number of anilines is 1. The summed E-state index contributed by atoms with van der Waals surface area (Å²) in [6.45, 7) is 3.46. The van der Waals surface area contributed by atoms with E-state index < -0.39 is 11.9 Å². The number of thiophene rings is 1. The molecule has 0 saturated carbocycles. The van der Waals surface area contributed by atoms with Gasteiger partial charge in [0.05, 0.1) is 29.2 Å². The zero-order chi connectivity index (χ0) is 22.8. The number of nitrogens with zero attached hydrogens (tertiary/aromatic N) is 2. The number of nitrogens with two attached hydrogens (primary N) is 1. The molecular weight excluding hydrogens is 448 g/mol. The zero-order valence-electron chi connectivity index (χ0n) is 17.4. The van der Waals surface area contributed by atoms with E-state index in [-0.39, 0.29) is 34.4 Å². The monoisotopic (exact) mass is 468 g/mol. The van der Waals surface area contributed by atoms with Crippen LogP contribution in [0.1, 0.15) is 38.2 Å². The third-order valence-electron chi connectivity index (χ3n) is 4.80. The van der Waals surface area contributed by atoms with Gasteiger partial charge in [0.2, 0.25) is 5.91 Å². The highest BCUT2D eigenvalue weighted by atomic mass is 32.1. The number of hydrogen-bond donors (Lipinski definition) is 2. The summed E-state index contributed by atoms with van der Waals surface area (Å²) in [4.78, 5) is 42.6. The van der Waals surface area contributed by atoms with Gasteiger partial charge in [-0.2, -0.15) is 0 Å². The number of imidazole rings is 1. The number of nitrogens with one attached hydrogen (secondary N) is 1. The molecule has 0 saturated heterocycles. The normalized spacial score (nSPS) is 10.9. The minimum absolute atomic E-state index is 0.0652. The van der Waals surface area contributed by atoms with Crippen LogP contribution in [-0.2, 0) is 16.0 Å². The quantitative estimate of drug-likeness (QED) is 0.399. The molecule has 0 atom stereocenters. The SMILES string of the molecule is CCOC(=O)c1c(NC(=O)Cc2csc3nc(-c4ccccc4)cn23)sc(C(N)=O)c1C. The molecule has 0 aliphatic rings. The van der Waals surface area contributed by atoms with Crippen LogP contribution in [0.15, 0.2) is 41.9 Å². The molecule has 0 radical (unpaired) electrons. The Hall–Kier alpha value is -3.50. The molecule has 8 nitrogen and oxygen atoms in total. The third-order valence-corrected chi connectivity index (χ3v) is 6.91. The van der Waals surface area contributed by atoms with E-state index in [2.05, 4.69) is 10.3 Å². The van der Waals surface area contributed by atoms with E-state index in [1.54, 1.807) is 13.8 Å². The molecule has 0 unspecified atom stereocenters. The highest BCUT2D eigenvalue weighted by Crippen LogP contribution is 2.34. The number of fused-ring (bicyclic) bond motifs is 1. The average molecular weight is 469 g/mol. The first kappa shape index (κ1) is 21.7. The fraction of sp³-hybridized carbons (Fsp3) is 0.182. The molecule has 4 aromatic rings. The van der Waals surface area contributed by atoms with Crippen molar-refractivity contribution in [2.75, 3.05) is 11.9 Å². The maximum Gasteiger partial charge on any atom is 0.341 e. The van der Waals surface area contributed by atoms with Gasteiger partial charge in [-0.15, -0.1) is 22.7 Å².